The van der Waals surface area contributed by atoms with Crippen molar-refractivity contribution in [3.05, 3.63) is 75.9 Å². The average molecular weight is 504 g/mol. The third-order valence-electron chi connectivity index (χ3n) is 4.58. The van der Waals surface area contributed by atoms with E-state index in [1.54, 1.807) is 36.4 Å². The van der Waals surface area contributed by atoms with Crippen molar-refractivity contribution in [3.8, 4) is 11.1 Å². The molecule has 3 aromatic rings. The molecule has 4 rings (SSSR count). The number of nitrogens with one attached hydrogen (secondary N) is 1. The van der Waals surface area contributed by atoms with E-state index in [2.05, 4.69) is 27.9 Å². The highest BCUT2D eigenvalue weighted by atomic mass is 127. The van der Waals surface area contributed by atoms with E-state index in [-0.39, 0.29) is 11.4 Å². The second-order valence-electron chi connectivity index (χ2n) is 6.58. The van der Waals surface area contributed by atoms with Gasteiger partial charge in [0.15, 0.2) is 0 Å². The van der Waals surface area contributed by atoms with Crippen LogP contribution in [0.15, 0.2) is 71.6 Å². The van der Waals surface area contributed by atoms with E-state index < -0.39 is 15.9 Å². The summed E-state index contributed by atoms with van der Waals surface area (Å²) < 4.78 is 28.7. The van der Waals surface area contributed by atoms with E-state index in [0.717, 1.165) is 14.7 Å². The van der Waals surface area contributed by atoms with Crippen LogP contribution < -0.4 is 9.62 Å². The van der Waals surface area contributed by atoms with Crippen LogP contribution in [0.2, 0.25) is 0 Å². The summed E-state index contributed by atoms with van der Waals surface area (Å²) >= 11 is 2.18. The Morgan fingerprint density at radius 3 is 2.46 bits per heavy atom. The quantitative estimate of drug-likeness (QED) is 0.538. The zero-order valence-electron chi connectivity index (χ0n) is 15.0. The molecule has 1 aliphatic heterocycles. The first-order valence-electron chi connectivity index (χ1n) is 8.64. The van der Waals surface area contributed by atoms with Crippen molar-refractivity contribution < 1.29 is 13.2 Å². The minimum Gasteiger partial charge on any atom is -0.325 e. The number of carbonyl (C=O) groups excluding carboxylic acids is 1. The molecule has 0 unspecified atom stereocenters. The molecule has 0 saturated carbocycles. The van der Waals surface area contributed by atoms with Crippen molar-refractivity contribution in [1.82, 2.24) is 0 Å². The highest BCUT2D eigenvalue weighted by Crippen LogP contribution is 2.43. The van der Waals surface area contributed by atoms with Crippen LogP contribution in [0, 0.1) is 10.5 Å². The Hall–Kier alpha value is -2.39. The van der Waals surface area contributed by atoms with Crippen LogP contribution in [-0.4, -0.2) is 20.9 Å². The summed E-state index contributed by atoms with van der Waals surface area (Å²) in [6.45, 7) is 1.67. The molecule has 5 nitrogen and oxygen atoms in total. The Bertz CT molecular complexity index is 1170. The van der Waals surface area contributed by atoms with Gasteiger partial charge in [-0.1, -0.05) is 29.8 Å². The molecule has 0 fully saturated rings. The summed E-state index contributed by atoms with van der Waals surface area (Å²) in [7, 11) is -3.83. The van der Waals surface area contributed by atoms with Crippen molar-refractivity contribution in [1.29, 1.82) is 0 Å². The molecular weight excluding hydrogens is 487 g/mol. The van der Waals surface area contributed by atoms with Gasteiger partial charge in [-0.2, -0.15) is 0 Å². The van der Waals surface area contributed by atoms with Gasteiger partial charge in [0, 0.05) is 20.4 Å². The lowest BCUT2D eigenvalue weighted by Crippen LogP contribution is -2.40. The van der Waals surface area contributed by atoms with Gasteiger partial charge in [0.25, 0.3) is 10.0 Å². The number of amides is 1. The number of fused-ring (bicyclic) bond motifs is 3. The van der Waals surface area contributed by atoms with Crippen LogP contribution in [0.4, 0.5) is 11.4 Å². The molecule has 0 saturated heterocycles. The monoisotopic (exact) mass is 504 g/mol. The Kier molecular flexibility index (Phi) is 4.88. The number of nitrogens with zero attached hydrogens (tertiary/aromatic N) is 1. The highest BCUT2D eigenvalue weighted by molar-refractivity contribution is 14.1. The smallest absolute Gasteiger partial charge is 0.265 e. The van der Waals surface area contributed by atoms with Gasteiger partial charge < -0.3 is 5.32 Å². The first-order valence-corrected chi connectivity index (χ1v) is 11.2. The number of hydrogen-bond donors (Lipinski definition) is 1. The van der Waals surface area contributed by atoms with Crippen molar-refractivity contribution in [3.63, 3.8) is 0 Å². The predicted octanol–water partition coefficient (Wildman–Crippen LogP) is 4.41. The first kappa shape index (κ1) is 18.9. The molecule has 0 spiro atoms. The molecule has 0 aromatic heterocycles. The Labute approximate surface area is 177 Å². The van der Waals surface area contributed by atoms with Crippen LogP contribution in [0.25, 0.3) is 11.1 Å². The largest absolute Gasteiger partial charge is 0.325 e. The lowest BCUT2D eigenvalue weighted by atomic mass is 10.0. The van der Waals surface area contributed by atoms with Crippen molar-refractivity contribution in [2.45, 2.75) is 11.8 Å². The fraction of sp³-hybridized carbons (Fsp3) is 0.0952. The number of hydrogen-bond acceptors (Lipinski definition) is 3. The van der Waals surface area contributed by atoms with Crippen molar-refractivity contribution >= 4 is 49.9 Å². The van der Waals surface area contributed by atoms with Gasteiger partial charge in [0.2, 0.25) is 5.91 Å². The number of aryl methyl sites for hydroxylation is 1. The minimum absolute atomic E-state index is 0.218. The molecule has 1 N–H and O–H groups in total. The van der Waals surface area contributed by atoms with E-state index >= 15 is 0 Å². The second-order valence-corrected chi connectivity index (χ2v) is 9.66. The number of carbonyl (C=O) groups is 1. The molecular formula is C21H17IN2O3S. The molecule has 0 radical (unpaired) electrons. The standard InChI is InChI=1S/C21H17IN2O3S/c1-14-6-11-19-18(12-14)17-4-2-3-5-20(17)28(26,27)24(19)13-21(25)23-16-9-7-15(22)8-10-16/h2-12H,13H2,1H3,(H,23,25). The van der Waals surface area contributed by atoms with E-state index in [4.69, 9.17) is 0 Å². The number of sulfonamides is 1. The SMILES string of the molecule is Cc1ccc2c(c1)-c1ccccc1S(=O)(=O)N2CC(=O)Nc1ccc(I)cc1. The number of rotatable bonds is 3. The molecule has 1 amide bonds. The van der Waals surface area contributed by atoms with E-state index in [9.17, 15) is 13.2 Å². The summed E-state index contributed by atoms with van der Waals surface area (Å²) in [5.74, 6) is -0.393. The molecule has 1 heterocycles. The highest BCUT2D eigenvalue weighted by Gasteiger charge is 2.35. The first-order chi connectivity index (χ1) is 13.4. The average Bonchev–Trinajstić information content (AvgIpc) is 2.67. The fourth-order valence-corrected chi connectivity index (χ4v) is 5.29. The molecule has 7 heteroatoms. The molecule has 1 aliphatic rings. The second kappa shape index (κ2) is 7.21. The van der Waals surface area contributed by atoms with Crippen LogP contribution in [0.5, 0.6) is 0 Å². The summed E-state index contributed by atoms with van der Waals surface area (Å²) in [6.07, 6.45) is 0. The van der Waals surface area contributed by atoms with Crippen LogP contribution >= 0.6 is 22.6 Å². The van der Waals surface area contributed by atoms with Crippen LogP contribution in [0.1, 0.15) is 5.56 Å². The van der Waals surface area contributed by atoms with E-state index in [1.807, 2.05) is 37.3 Å². The summed E-state index contributed by atoms with van der Waals surface area (Å²) in [5.41, 5.74) is 3.64. The van der Waals surface area contributed by atoms with Crippen LogP contribution in [-0.2, 0) is 14.8 Å². The Morgan fingerprint density at radius 2 is 1.71 bits per heavy atom. The van der Waals surface area contributed by atoms with Gasteiger partial charge in [-0.3, -0.25) is 9.10 Å². The lowest BCUT2D eigenvalue weighted by molar-refractivity contribution is -0.114. The van der Waals surface area contributed by atoms with Gasteiger partial charge in [0.05, 0.1) is 10.6 Å². The third kappa shape index (κ3) is 3.40. The molecule has 28 heavy (non-hydrogen) atoms. The van der Waals surface area contributed by atoms with Gasteiger partial charge in [-0.05, 0) is 72.0 Å². The maximum atomic E-state index is 13.2. The van der Waals surface area contributed by atoms with Gasteiger partial charge >= 0.3 is 0 Å². The molecule has 0 bridgehead atoms. The zero-order chi connectivity index (χ0) is 19.9. The van der Waals surface area contributed by atoms with Crippen LogP contribution in [0.3, 0.4) is 0 Å². The van der Waals surface area contributed by atoms with Gasteiger partial charge in [0.1, 0.15) is 6.54 Å². The van der Waals surface area contributed by atoms with Gasteiger partial charge in [-0.15, -0.1) is 0 Å². The molecule has 0 aliphatic carbocycles. The number of halogens is 1. The summed E-state index contributed by atoms with van der Waals surface area (Å²) in [4.78, 5) is 12.8. The fourth-order valence-electron chi connectivity index (χ4n) is 3.28. The Balaban J connectivity index is 1.72. The minimum atomic E-state index is -3.83. The topological polar surface area (TPSA) is 66.5 Å². The van der Waals surface area contributed by atoms with Crippen molar-refractivity contribution in [2.75, 3.05) is 16.2 Å². The van der Waals surface area contributed by atoms with E-state index in [1.165, 1.54) is 4.31 Å². The Morgan fingerprint density at radius 1 is 1.00 bits per heavy atom. The lowest BCUT2D eigenvalue weighted by Gasteiger charge is -2.31. The number of anilines is 2. The normalized spacial score (nSPS) is 14.1. The summed E-state index contributed by atoms with van der Waals surface area (Å²) in [5, 5.41) is 2.77. The molecule has 142 valence electrons. The number of benzene rings is 3. The van der Waals surface area contributed by atoms with Crippen molar-refractivity contribution in [2.24, 2.45) is 0 Å². The predicted molar refractivity (Wildman–Crippen MR) is 119 cm³/mol. The zero-order valence-corrected chi connectivity index (χ0v) is 18.0. The third-order valence-corrected chi connectivity index (χ3v) is 7.12. The van der Waals surface area contributed by atoms with Gasteiger partial charge in [-0.25, -0.2) is 8.42 Å². The summed E-state index contributed by atoms with van der Waals surface area (Å²) in [6, 6.07) is 19.8. The molecule has 0 atom stereocenters. The maximum absolute atomic E-state index is 13.2. The van der Waals surface area contributed by atoms with E-state index in [0.29, 0.717) is 16.9 Å². The maximum Gasteiger partial charge on any atom is 0.265 e. The molecule has 3 aromatic carbocycles.